The quantitative estimate of drug-likeness (QED) is 0.0936. The average Bonchev–Trinajstić information content (AvgIpc) is 3.37. The summed E-state index contributed by atoms with van der Waals surface area (Å²) in [5.74, 6) is -0.0114. The van der Waals surface area contributed by atoms with Gasteiger partial charge in [0.1, 0.15) is 0 Å². The Morgan fingerprint density at radius 3 is 0.906 bits per heavy atom. The van der Waals surface area contributed by atoms with E-state index in [4.69, 9.17) is 0 Å². The Bertz CT molecular complexity index is 2860. The Balaban J connectivity index is 0.000000242. The summed E-state index contributed by atoms with van der Waals surface area (Å²) in [5.41, 5.74) is 4.75. The first-order valence-electron chi connectivity index (χ1n) is 21.6. The van der Waals surface area contributed by atoms with Gasteiger partial charge in [0.05, 0.1) is 0 Å². The van der Waals surface area contributed by atoms with Crippen molar-refractivity contribution in [2.45, 2.75) is 0 Å². The molecule has 0 aliphatic heterocycles. The number of carbonyl (C=O) groups is 1. The third-order valence-electron chi connectivity index (χ3n) is 11.1. The molecule has 0 unspecified atom stereocenters. The van der Waals surface area contributed by atoms with Gasteiger partial charge >= 0.3 is 0 Å². The van der Waals surface area contributed by atoms with Gasteiger partial charge in [-0.1, -0.05) is 267 Å². The summed E-state index contributed by atoms with van der Waals surface area (Å²) in [6, 6.07) is 91.4. The number of allylic oxidation sites excluding steroid dienone is 2. The van der Waals surface area contributed by atoms with E-state index in [0.29, 0.717) is 0 Å². The topological polar surface area (TPSA) is 17.1 Å². The first-order chi connectivity index (χ1) is 31.7. The fraction of sp³-hybridized carbons (Fsp3) is 0. The number of carbonyl (C=O) groups excluding carboxylic acids is 1. The first kappa shape index (κ1) is 42.1. The Morgan fingerprint density at radius 2 is 0.578 bits per heavy atom. The number of benzene rings is 10. The van der Waals surface area contributed by atoms with Crippen LogP contribution in [0.25, 0.3) is 44.8 Å². The van der Waals surface area contributed by atoms with Crippen LogP contribution in [0.15, 0.2) is 267 Å². The summed E-state index contributed by atoms with van der Waals surface area (Å²) in [6.07, 6.45) is 6.79. The van der Waals surface area contributed by atoms with Gasteiger partial charge in [-0.25, -0.2) is 0 Å². The maximum absolute atomic E-state index is 11.6. The Morgan fingerprint density at radius 1 is 0.297 bits per heavy atom. The lowest BCUT2D eigenvalue weighted by atomic mass is 9.93. The van der Waals surface area contributed by atoms with Gasteiger partial charge in [0.15, 0.2) is 5.78 Å². The third kappa shape index (κ3) is 9.84. The van der Waals surface area contributed by atoms with E-state index in [1.54, 1.807) is 12.2 Å². The molecule has 306 valence electrons. The molecule has 0 fully saturated rings. The van der Waals surface area contributed by atoms with Crippen molar-refractivity contribution in [1.82, 2.24) is 0 Å². The summed E-state index contributed by atoms with van der Waals surface area (Å²) in [6.45, 7) is 0. The van der Waals surface area contributed by atoms with Gasteiger partial charge in [0, 0.05) is 0 Å². The standard InChI is InChI=1S/C44H32P2.C17H14O/c1-5-19-35(20-6-1)45(36-21-7-2-8-22-36)41-31-29-33-17-13-15-27-39(33)43(41)44-40-28-16-14-18-34(40)30-32-42(44)46(37-23-9-3-10-24-37)38-25-11-4-12-26-38;18-17(13-11-15-7-3-1-4-8-15)14-12-16-9-5-2-6-10-16/h1-32H;1-14H. The second-order valence-electron chi connectivity index (χ2n) is 15.3. The van der Waals surface area contributed by atoms with Crippen molar-refractivity contribution in [3.63, 3.8) is 0 Å². The Kier molecular flexibility index (Phi) is 13.6. The second-order valence-corrected chi connectivity index (χ2v) is 19.6. The maximum Gasteiger partial charge on any atom is 0.178 e. The van der Waals surface area contributed by atoms with Crippen LogP contribution in [-0.4, -0.2) is 5.78 Å². The highest BCUT2D eigenvalue weighted by atomic mass is 31.1. The molecule has 0 amide bonds. The molecule has 64 heavy (non-hydrogen) atoms. The Labute approximate surface area is 379 Å². The zero-order chi connectivity index (χ0) is 43.3. The summed E-state index contributed by atoms with van der Waals surface area (Å²) < 4.78 is 0. The summed E-state index contributed by atoms with van der Waals surface area (Å²) in [4.78, 5) is 11.6. The number of fused-ring (bicyclic) bond motifs is 2. The van der Waals surface area contributed by atoms with Gasteiger partial charge in [-0.15, -0.1) is 0 Å². The smallest absolute Gasteiger partial charge is 0.178 e. The summed E-state index contributed by atoms with van der Waals surface area (Å²) >= 11 is 0. The van der Waals surface area contributed by atoms with Crippen LogP contribution in [0.2, 0.25) is 0 Å². The normalized spacial score (nSPS) is 11.3. The summed E-state index contributed by atoms with van der Waals surface area (Å²) in [7, 11) is -1.70. The number of hydrogen-bond donors (Lipinski definition) is 0. The molecule has 0 saturated carbocycles. The highest BCUT2D eigenvalue weighted by Gasteiger charge is 2.28. The minimum absolute atomic E-state index is 0.0114. The number of rotatable bonds is 11. The van der Waals surface area contributed by atoms with Crippen molar-refractivity contribution >= 4 is 87.2 Å². The van der Waals surface area contributed by atoms with Gasteiger partial charge in [0.25, 0.3) is 0 Å². The van der Waals surface area contributed by atoms with E-state index >= 15 is 0 Å². The van der Waals surface area contributed by atoms with Crippen LogP contribution < -0.4 is 31.8 Å². The minimum Gasteiger partial charge on any atom is -0.290 e. The molecular weight excluding hydrogens is 811 g/mol. The molecule has 0 aromatic heterocycles. The summed E-state index contributed by atoms with van der Waals surface area (Å²) in [5, 5.41) is 13.3. The lowest BCUT2D eigenvalue weighted by molar-refractivity contribution is -0.110. The van der Waals surface area contributed by atoms with Crippen molar-refractivity contribution in [3.8, 4) is 11.1 Å². The second kappa shape index (κ2) is 20.7. The van der Waals surface area contributed by atoms with E-state index in [0.717, 1.165) is 11.1 Å². The molecule has 10 aromatic carbocycles. The molecular formula is C61H46OP2. The van der Waals surface area contributed by atoms with Crippen molar-refractivity contribution in [2.75, 3.05) is 0 Å². The fourth-order valence-electron chi connectivity index (χ4n) is 8.12. The molecule has 3 heteroatoms. The van der Waals surface area contributed by atoms with E-state index in [1.807, 2.05) is 72.8 Å². The fourth-order valence-corrected chi connectivity index (χ4v) is 13.1. The third-order valence-corrected chi connectivity index (χ3v) is 16.0. The van der Waals surface area contributed by atoms with Gasteiger partial charge in [0.2, 0.25) is 0 Å². The zero-order valence-electron chi connectivity index (χ0n) is 35.4. The molecule has 0 bridgehead atoms. The molecule has 0 spiro atoms. The van der Waals surface area contributed by atoms with Crippen LogP contribution in [0, 0.1) is 0 Å². The molecule has 0 aliphatic carbocycles. The van der Waals surface area contributed by atoms with Crippen molar-refractivity contribution in [3.05, 3.63) is 278 Å². The highest BCUT2D eigenvalue weighted by Crippen LogP contribution is 2.45. The van der Waals surface area contributed by atoms with Crippen LogP contribution >= 0.6 is 15.8 Å². The lowest BCUT2D eigenvalue weighted by Gasteiger charge is -2.28. The number of ketones is 1. The Hall–Kier alpha value is -7.27. The van der Waals surface area contributed by atoms with Gasteiger partial charge < -0.3 is 0 Å². The van der Waals surface area contributed by atoms with Gasteiger partial charge in [-0.3, -0.25) is 4.79 Å². The van der Waals surface area contributed by atoms with Crippen molar-refractivity contribution < 1.29 is 4.79 Å². The maximum atomic E-state index is 11.6. The molecule has 0 atom stereocenters. The monoisotopic (exact) mass is 856 g/mol. The van der Waals surface area contributed by atoms with Gasteiger partial charge in [-0.05, 0) is 104 Å². The van der Waals surface area contributed by atoms with Crippen LogP contribution in [-0.2, 0) is 4.79 Å². The van der Waals surface area contributed by atoms with E-state index in [1.165, 1.54) is 64.5 Å². The van der Waals surface area contributed by atoms with Gasteiger partial charge in [-0.2, -0.15) is 0 Å². The molecule has 0 radical (unpaired) electrons. The van der Waals surface area contributed by atoms with Crippen LogP contribution in [0.5, 0.6) is 0 Å². The van der Waals surface area contributed by atoms with Crippen molar-refractivity contribution in [2.24, 2.45) is 0 Å². The van der Waals surface area contributed by atoms with Crippen LogP contribution in [0.1, 0.15) is 11.1 Å². The lowest BCUT2D eigenvalue weighted by Crippen LogP contribution is -2.26. The zero-order valence-corrected chi connectivity index (χ0v) is 37.1. The average molecular weight is 857 g/mol. The first-order valence-corrected chi connectivity index (χ1v) is 24.2. The highest BCUT2D eigenvalue weighted by molar-refractivity contribution is 7.80. The minimum atomic E-state index is -0.852. The molecule has 10 rings (SSSR count). The van der Waals surface area contributed by atoms with Crippen LogP contribution in [0.4, 0.5) is 0 Å². The molecule has 0 saturated heterocycles. The molecule has 0 N–H and O–H groups in total. The van der Waals surface area contributed by atoms with Crippen molar-refractivity contribution in [1.29, 1.82) is 0 Å². The molecule has 10 aromatic rings. The van der Waals surface area contributed by atoms with E-state index in [2.05, 4.69) is 194 Å². The van der Waals surface area contributed by atoms with E-state index in [-0.39, 0.29) is 5.78 Å². The predicted molar refractivity (Wildman–Crippen MR) is 280 cm³/mol. The molecule has 0 aliphatic rings. The van der Waals surface area contributed by atoms with E-state index < -0.39 is 15.8 Å². The number of hydrogen-bond acceptors (Lipinski definition) is 1. The van der Waals surface area contributed by atoms with Crippen LogP contribution in [0.3, 0.4) is 0 Å². The largest absolute Gasteiger partial charge is 0.290 e. The predicted octanol–water partition coefficient (Wildman–Crippen LogP) is 13.2. The molecule has 1 nitrogen and oxygen atoms in total. The SMILES string of the molecule is O=C(C=Cc1ccccc1)C=Cc1ccccc1.c1ccc(P(c2ccccc2)c2ccc3ccccc3c2-c2c(P(c3ccccc3)c3ccccc3)ccc3ccccc23)cc1. The van der Waals surface area contributed by atoms with E-state index in [9.17, 15) is 4.79 Å². The molecule has 0 heterocycles.